The highest BCUT2D eigenvalue weighted by molar-refractivity contribution is 6.30. The fourth-order valence-electron chi connectivity index (χ4n) is 1.75. The summed E-state index contributed by atoms with van der Waals surface area (Å²) in [7, 11) is 1.78. The molecule has 0 heterocycles. The number of ether oxygens (including phenoxy) is 1. The Labute approximate surface area is 127 Å². The molecule has 0 aliphatic heterocycles. The number of benzene rings is 2. The Bertz CT molecular complexity index is 721. The van der Waals surface area contributed by atoms with E-state index in [1.54, 1.807) is 49.5 Å². The second-order valence-electron chi connectivity index (χ2n) is 4.22. The second-order valence-corrected chi connectivity index (χ2v) is 4.65. The molecule has 106 valence electrons. The van der Waals surface area contributed by atoms with Gasteiger partial charge in [-0.1, -0.05) is 11.6 Å². The third-order valence-corrected chi connectivity index (χ3v) is 2.94. The highest BCUT2D eigenvalue weighted by Crippen LogP contribution is 2.34. The number of hydrogen-bond acceptors (Lipinski definition) is 4. The molecule has 2 rings (SSSR count). The fraction of sp³-hybridized carbons (Fsp3) is 0.0625. The Balaban J connectivity index is 2.33. The van der Waals surface area contributed by atoms with Crippen LogP contribution in [0.3, 0.4) is 0 Å². The molecule has 4 nitrogen and oxygen atoms in total. The van der Waals surface area contributed by atoms with Gasteiger partial charge in [0.15, 0.2) is 11.5 Å². The summed E-state index contributed by atoms with van der Waals surface area (Å²) >= 11 is 6.02. The number of rotatable bonds is 4. The van der Waals surface area contributed by atoms with Crippen LogP contribution in [0.15, 0.2) is 42.5 Å². The predicted molar refractivity (Wildman–Crippen MR) is 83.8 cm³/mol. The van der Waals surface area contributed by atoms with E-state index in [0.717, 1.165) is 11.3 Å². The van der Waals surface area contributed by atoms with Crippen LogP contribution in [0.5, 0.6) is 17.2 Å². The number of phenolic OH excluding ortho intramolecular Hbond substituents is 1. The van der Waals surface area contributed by atoms with Gasteiger partial charge in [0.1, 0.15) is 5.75 Å². The van der Waals surface area contributed by atoms with E-state index in [1.807, 2.05) is 6.07 Å². The minimum Gasteiger partial charge on any atom is -0.504 e. The molecule has 0 radical (unpaired) electrons. The molecule has 0 aliphatic rings. The first-order valence-electron chi connectivity index (χ1n) is 6.18. The summed E-state index contributed by atoms with van der Waals surface area (Å²) in [5, 5.41) is 21.8. The lowest BCUT2D eigenvalue weighted by molar-refractivity contribution is 0.411. The van der Waals surface area contributed by atoms with E-state index in [2.05, 4.69) is 5.32 Å². The molecule has 0 saturated heterocycles. The van der Waals surface area contributed by atoms with Crippen molar-refractivity contribution in [1.29, 1.82) is 5.26 Å². The molecule has 0 spiro atoms. The smallest absolute Gasteiger partial charge is 0.171 e. The standard InChI is InChI=1S/C16H13ClN2O2/c1-19-13-4-5-15(20)16(10-13)21-14-8-11(3-2-6-18)7-12(17)9-14/h2-5,7-10,19-20H,1H3/b3-2+. The number of halogens is 1. The van der Waals surface area contributed by atoms with Crippen LogP contribution < -0.4 is 10.1 Å². The summed E-state index contributed by atoms with van der Waals surface area (Å²) in [6.45, 7) is 0. The molecule has 21 heavy (non-hydrogen) atoms. The summed E-state index contributed by atoms with van der Waals surface area (Å²) < 4.78 is 5.66. The van der Waals surface area contributed by atoms with Crippen LogP contribution in [0, 0.1) is 11.3 Å². The van der Waals surface area contributed by atoms with Gasteiger partial charge >= 0.3 is 0 Å². The molecule has 0 fully saturated rings. The summed E-state index contributed by atoms with van der Waals surface area (Å²) in [6, 6.07) is 12.0. The molecule has 0 amide bonds. The average Bonchev–Trinajstić information content (AvgIpc) is 2.47. The number of nitrogens with zero attached hydrogens (tertiary/aromatic N) is 1. The van der Waals surface area contributed by atoms with Crippen molar-refractivity contribution in [2.24, 2.45) is 0 Å². The first-order chi connectivity index (χ1) is 10.1. The van der Waals surface area contributed by atoms with Gasteiger partial charge in [-0.25, -0.2) is 0 Å². The van der Waals surface area contributed by atoms with Gasteiger partial charge in [0.25, 0.3) is 0 Å². The van der Waals surface area contributed by atoms with Crippen LogP contribution in [0.2, 0.25) is 5.02 Å². The molecule has 0 aromatic heterocycles. The summed E-state index contributed by atoms with van der Waals surface area (Å²) in [4.78, 5) is 0. The van der Waals surface area contributed by atoms with Crippen LogP contribution in [0.1, 0.15) is 5.56 Å². The molecule has 0 aliphatic carbocycles. The van der Waals surface area contributed by atoms with E-state index in [0.29, 0.717) is 16.5 Å². The summed E-state index contributed by atoms with van der Waals surface area (Å²) in [5.74, 6) is 0.825. The second kappa shape index (κ2) is 6.69. The van der Waals surface area contributed by atoms with Gasteiger partial charge in [0.2, 0.25) is 0 Å². The lowest BCUT2D eigenvalue weighted by atomic mass is 10.2. The fourth-order valence-corrected chi connectivity index (χ4v) is 1.98. The first kappa shape index (κ1) is 14.8. The van der Waals surface area contributed by atoms with Crippen LogP contribution in [0.4, 0.5) is 5.69 Å². The zero-order valence-electron chi connectivity index (χ0n) is 11.3. The maximum atomic E-state index is 9.83. The van der Waals surface area contributed by atoms with Gasteiger partial charge in [0, 0.05) is 29.9 Å². The number of aromatic hydroxyl groups is 1. The molecule has 0 unspecified atom stereocenters. The van der Waals surface area contributed by atoms with Crippen molar-refractivity contribution in [3.8, 4) is 23.3 Å². The van der Waals surface area contributed by atoms with Crippen molar-refractivity contribution in [1.82, 2.24) is 0 Å². The molecular formula is C16H13ClN2O2. The van der Waals surface area contributed by atoms with E-state index < -0.39 is 0 Å². The maximum Gasteiger partial charge on any atom is 0.171 e. The number of hydrogen-bond donors (Lipinski definition) is 2. The maximum absolute atomic E-state index is 9.83. The van der Waals surface area contributed by atoms with Gasteiger partial charge < -0.3 is 15.2 Å². The minimum absolute atomic E-state index is 0.0306. The average molecular weight is 301 g/mol. The van der Waals surface area contributed by atoms with Crippen LogP contribution >= 0.6 is 11.6 Å². The molecule has 2 N–H and O–H groups in total. The van der Waals surface area contributed by atoms with Crippen LogP contribution in [0.25, 0.3) is 6.08 Å². The Morgan fingerprint density at radius 1 is 1.29 bits per heavy atom. The number of nitriles is 1. The number of phenols is 1. The van der Waals surface area contributed by atoms with E-state index in [-0.39, 0.29) is 5.75 Å². The zero-order chi connectivity index (χ0) is 15.2. The van der Waals surface area contributed by atoms with Crippen LogP contribution in [-0.2, 0) is 0 Å². The Morgan fingerprint density at radius 3 is 2.81 bits per heavy atom. The first-order valence-corrected chi connectivity index (χ1v) is 6.55. The highest BCUT2D eigenvalue weighted by atomic mass is 35.5. The number of nitrogens with one attached hydrogen (secondary N) is 1. The molecule has 2 aromatic carbocycles. The zero-order valence-corrected chi connectivity index (χ0v) is 12.1. The van der Waals surface area contributed by atoms with Gasteiger partial charge in [-0.15, -0.1) is 0 Å². The van der Waals surface area contributed by atoms with Crippen LogP contribution in [-0.4, -0.2) is 12.2 Å². The minimum atomic E-state index is 0.0306. The summed E-state index contributed by atoms with van der Waals surface area (Å²) in [5.41, 5.74) is 1.55. The Morgan fingerprint density at radius 2 is 2.10 bits per heavy atom. The van der Waals surface area contributed by atoms with E-state index >= 15 is 0 Å². The van der Waals surface area contributed by atoms with Gasteiger partial charge in [-0.2, -0.15) is 5.26 Å². The van der Waals surface area contributed by atoms with E-state index in [1.165, 1.54) is 6.08 Å². The third-order valence-electron chi connectivity index (χ3n) is 2.72. The number of anilines is 1. The predicted octanol–water partition coefficient (Wildman–Crippen LogP) is 4.42. The molecule has 0 atom stereocenters. The van der Waals surface area contributed by atoms with Crippen molar-refractivity contribution >= 4 is 23.4 Å². The van der Waals surface area contributed by atoms with Crippen molar-refractivity contribution in [3.05, 3.63) is 53.1 Å². The van der Waals surface area contributed by atoms with Crippen molar-refractivity contribution in [2.45, 2.75) is 0 Å². The van der Waals surface area contributed by atoms with Crippen molar-refractivity contribution < 1.29 is 9.84 Å². The Kier molecular flexibility index (Phi) is 4.70. The lowest BCUT2D eigenvalue weighted by Crippen LogP contribution is -1.90. The monoisotopic (exact) mass is 300 g/mol. The molecular weight excluding hydrogens is 288 g/mol. The van der Waals surface area contributed by atoms with Crippen molar-refractivity contribution in [2.75, 3.05) is 12.4 Å². The Hall–Kier alpha value is -2.64. The number of allylic oxidation sites excluding steroid dienone is 1. The molecule has 2 aromatic rings. The topological polar surface area (TPSA) is 65.3 Å². The van der Waals surface area contributed by atoms with Gasteiger partial charge in [0.05, 0.1) is 6.07 Å². The third kappa shape index (κ3) is 3.91. The summed E-state index contributed by atoms with van der Waals surface area (Å²) in [6.07, 6.45) is 2.98. The highest BCUT2D eigenvalue weighted by Gasteiger charge is 2.06. The van der Waals surface area contributed by atoms with E-state index in [4.69, 9.17) is 21.6 Å². The lowest BCUT2D eigenvalue weighted by Gasteiger charge is -2.10. The van der Waals surface area contributed by atoms with E-state index in [9.17, 15) is 5.11 Å². The molecule has 5 heteroatoms. The normalized spacial score (nSPS) is 10.3. The van der Waals surface area contributed by atoms with Crippen molar-refractivity contribution in [3.63, 3.8) is 0 Å². The van der Waals surface area contributed by atoms with Gasteiger partial charge in [-0.3, -0.25) is 0 Å². The molecule has 0 bridgehead atoms. The quantitative estimate of drug-likeness (QED) is 0.648. The molecule has 0 saturated carbocycles. The largest absolute Gasteiger partial charge is 0.504 e. The van der Waals surface area contributed by atoms with Gasteiger partial charge in [-0.05, 0) is 42.0 Å². The SMILES string of the molecule is CNc1ccc(O)c(Oc2cc(Cl)cc(/C=C/C#N)c2)c1.